The summed E-state index contributed by atoms with van der Waals surface area (Å²) in [6.07, 6.45) is 7.38. The lowest BCUT2D eigenvalue weighted by molar-refractivity contribution is 0.245. The molecule has 0 atom stereocenters. The maximum Gasteiger partial charge on any atom is 0.0738 e. The second kappa shape index (κ2) is 6.12. The van der Waals surface area contributed by atoms with E-state index in [0.29, 0.717) is 0 Å². The van der Waals surface area contributed by atoms with Crippen molar-refractivity contribution in [1.29, 1.82) is 0 Å². The number of nitrogens with zero attached hydrogens (tertiary/aromatic N) is 4. The zero-order valence-corrected chi connectivity index (χ0v) is 10.9. The first-order valence-corrected chi connectivity index (χ1v) is 6.52. The highest BCUT2D eigenvalue weighted by Crippen LogP contribution is 2.21. The van der Waals surface area contributed by atoms with Crippen LogP contribution in [0.5, 0.6) is 0 Å². The summed E-state index contributed by atoms with van der Waals surface area (Å²) in [5, 5.41) is 11.2. The molecule has 2 rings (SSSR count). The zero-order chi connectivity index (χ0) is 12.1. The Hall–Kier alpha value is -0.940. The Morgan fingerprint density at radius 2 is 2.24 bits per heavy atom. The molecule has 0 amide bonds. The molecule has 96 valence electrons. The fourth-order valence-electron chi connectivity index (χ4n) is 2.47. The molecule has 1 aromatic heterocycles. The lowest BCUT2D eigenvalue weighted by Gasteiger charge is -2.23. The van der Waals surface area contributed by atoms with E-state index in [1.165, 1.54) is 25.7 Å². The fourth-order valence-corrected chi connectivity index (χ4v) is 2.47. The van der Waals surface area contributed by atoms with Gasteiger partial charge in [-0.15, -0.1) is 5.10 Å². The zero-order valence-electron chi connectivity index (χ0n) is 10.9. The van der Waals surface area contributed by atoms with E-state index in [0.717, 1.165) is 31.4 Å². The largest absolute Gasteiger partial charge is 0.310 e. The summed E-state index contributed by atoms with van der Waals surface area (Å²) in [6, 6.07) is 0.815. The number of rotatable bonds is 6. The van der Waals surface area contributed by atoms with Gasteiger partial charge in [-0.25, -0.2) is 0 Å². The van der Waals surface area contributed by atoms with Crippen molar-refractivity contribution in [3.05, 3.63) is 11.9 Å². The first-order chi connectivity index (χ1) is 8.27. The quantitative estimate of drug-likeness (QED) is 0.743. The van der Waals surface area contributed by atoms with Gasteiger partial charge in [0.2, 0.25) is 0 Å². The SMILES string of the molecule is CN(CCNCc1cnnn1C)C1CCCC1. The van der Waals surface area contributed by atoms with Gasteiger partial charge < -0.3 is 10.2 Å². The molecular formula is C12H23N5. The molecule has 1 heterocycles. The van der Waals surface area contributed by atoms with Crippen LogP contribution in [0.15, 0.2) is 6.20 Å². The second-order valence-electron chi connectivity index (χ2n) is 4.94. The first kappa shape index (κ1) is 12.5. The van der Waals surface area contributed by atoms with E-state index in [1.54, 1.807) is 0 Å². The third-order valence-electron chi connectivity index (χ3n) is 3.70. The van der Waals surface area contributed by atoms with Crippen molar-refractivity contribution in [2.45, 2.75) is 38.3 Å². The van der Waals surface area contributed by atoms with Crippen LogP contribution in [0, 0.1) is 0 Å². The fraction of sp³-hybridized carbons (Fsp3) is 0.833. The summed E-state index contributed by atoms with van der Waals surface area (Å²) in [5.74, 6) is 0. The van der Waals surface area contributed by atoms with Crippen LogP contribution in [-0.2, 0) is 13.6 Å². The van der Waals surface area contributed by atoms with E-state index in [4.69, 9.17) is 0 Å². The first-order valence-electron chi connectivity index (χ1n) is 6.52. The average Bonchev–Trinajstić information content (AvgIpc) is 2.96. The monoisotopic (exact) mass is 237 g/mol. The predicted molar refractivity (Wildman–Crippen MR) is 67.6 cm³/mol. The van der Waals surface area contributed by atoms with E-state index in [2.05, 4.69) is 27.6 Å². The van der Waals surface area contributed by atoms with Gasteiger partial charge in [0, 0.05) is 32.7 Å². The topological polar surface area (TPSA) is 46.0 Å². The number of aryl methyl sites for hydroxylation is 1. The minimum Gasteiger partial charge on any atom is -0.310 e. The molecule has 1 fully saturated rings. The summed E-state index contributed by atoms with van der Waals surface area (Å²) in [7, 11) is 4.16. The summed E-state index contributed by atoms with van der Waals surface area (Å²) >= 11 is 0. The number of hydrogen-bond donors (Lipinski definition) is 1. The number of aromatic nitrogens is 3. The molecule has 5 heteroatoms. The van der Waals surface area contributed by atoms with Crippen LogP contribution in [0.2, 0.25) is 0 Å². The lowest BCUT2D eigenvalue weighted by Crippen LogP contribution is -2.35. The normalized spacial score (nSPS) is 17.1. The van der Waals surface area contributed by atoms with Crippen molar-refractivity contribution in [3.63, 3.8) is 0 Å². The highest BCUT2D eigenvalue weighted by molar-refractivity contribution is 4.92. The molecule has 0 aromatic carbocycles. The predicted octanol–water partition coefficient (Wildman–Crippen LogP) is 0.779. The Morgan fingerprint density at radius 1 is 1.47 bits per heavy atom. The molecule has 1 N–H and O–H groups in total. The second-order valence-corrected chi connectivity index (χ2v) is 4.94. The molecule has 0 spiro atoms. The molecule has 1 aromatic rings. The average molecular weight is 237 g/mol. The van der Waals surface area contributed by atoms with E-state index in [9.17, 15) is 0 Å². The van der Waals surface area contributed by atoms with Gasteiger partial charge in [0.1, 0.15) is 0 Å². The summed E-state index contributed by atoms with van der Waals surface area (Å²) in [6.45, 7) is 3.00. The van der Waals surface area contributed by atoms with Crippen molar-refractivity contribution >= 4 is 0 Å². The Labute approximate surface area is 103 Å². The van der Waals surface area contributed by atoms with Crippen LogP contribution in [0.25, 0.3) is 0 Å². The molecule has 17 heavy (non-hydrogen) atoms. The Morgan fingerprint density at radius 3 is 2.88 bits per heavy atom. The van der Waals surface area contributed by atoms with Gasteiger partial charge in [-0.2, -0.15) is 0 Å². The molecule has 0 radical (unpaired) electrons. The van der Waals surface area contributed by atoms with Gasteiger partial charge >= 0.3 is 0 Å². The van der Waals surface area contributed by atoms with Crippen LogP contribution in [0.1, 0.15) is 31.4 Å². The van der Waals surface area contributed by atoms with Crippen molar-refractivity contribution in [2.24, 2.45) is 7.05 Å². The summed E-state index contributed by atoms with van der Waals surface area (Å²) < 4.78 is 1.81. The van der Waals surface area contributed by atoms with Gasteiger partial charge in [0.15, 0.2) is 0 Å². The van der Waals surface area contributed by atoms with Crippen LogP contribution in [0.4, 0.5) is 0 Å². The third kappa shape index (κ3) is 3.51. The van der Waals surface area contributed by atoms with E-state index >= 15 is 0 Å². The van der Waals surface area contributed by atoms with Crippen LogP contribution in [-0.4, -0.2) is 46.1 Å². The van der Waals surface area contributed by atoms with Gasteiger partial charge in [-0.1, -0.05) is 18.1 Å². The highest BCUT2D eigenvalue weighted by atomic mass is 15.4. The molecular weight excluding hydrogens is 214 g/mol. The van der Waals surface area contributed by atoms with Gasteiger partial charge in [0.25, 0.3) is 0 Å². The highest BCUT2D eigenvalue weighted by Gasteiger charge is 2.18. The lowest BCUT2D eigenvalue weighted by atomic mass is 10.2. The molecule has 1 saturated carbocycles. The molecule has 0 aliphatic heterocycles. The number of likely N-dealkylation sites (N-methyl/N-ethyl adjacent to an activating group) is 1. The minimum absolute atomic E-state index is 0.815. The van der Waals surface area contributed by atoms with Crippen LogP contribution >= 0.6 is 0 Å². The van der Waals surface area contributed by atoms with Crippen molar-refractivity contribution in [3.8, 4) is 0 Å². The molecule has 1 aliphatic rings. The van der Waals surface area contributed by atoms with E-state index < -0.39 is 0 Å². The molecule has 5 nitrogen and oxygen atoms in total. The van der Waals surface area contributed by atoms with Gasteiger partial charge in [-0.3, -0.25) is 4.68 Å². The van der Waals surface area contributed by atoms with Crippen LogP contribution < -0.4 is 5.32 Å². The van der Waals surface area contributed by atoms with Crippen molar-refractivity contribution in [1.82, 2.24) is 25.2 Å². The van der Waals surface area contributed by atoms with E-state index in [1.807, 2.05) is 17.9 Å². The molecule has 0 bridgehead atoms. The standard InChI is InChI=1S/C12H23N5/c1-16(11-5-3-4-6-11)8-7-13-9-12-10-14-15-17(12)2/h10-11,13H,3-9H2,1-2H3. The molecule has 0 unspecified atom stereocenters. The minimum atomic E-state index is 0.815. The third-order valence-corrected chi connectivity index (χ3v) is 3.70. The van der Waals surface area contributed by atoms with Gasteiger partial charge in [-0.05, 0) is 19.9 Å². The number of hydrogen-bond acceptors (Lipinski definition) is 4. The summed E-state index contributed by atoms with van der Waals surface area (Å²) in [5.41, 5.74) is 1.13. The smallest absolute Gasteiger partial charge is 0.0738 e. The van der Waals surface area contributed by atoms with E-state index in [-0.39, 0.29) is 0 Å². The van der Waals surface area contributed by atoms with Crippen molar-refractivity contribution in [2.75, 3.05) is 20.1 Å². The Kier molecular flexibility index (Phi) is 4.50. The molecule has 1 aliphatic carbocycles. The summed E-state index contributed by atoms with van der Waals surface area (Å²) in [4.78, 5) is 2.49. The Bertz CT molecular complexity index is 329. The number of nitrogens with one attached hydrogen (secondary N) is 1. The molecule has 0 saturated heterocycles. The maximum absolute atomic E-state index is 3.91. The Balaban J connectivity index is 1.61. The maximum atomic E-state index is 3.91. The van der Waals surface area contributed by atoms with Crippen molar-refractivity contribution < 1.29 is 0 Å². The van der Waals surface area contributed by atoms with Crippen LogP contribution in [0.3, 0.4) is 0 Å². The van der Waals surface area contributed by atoms with Gasteiger partial charge in [0.05, 0.1) is 11.9 Å².